The summed E-state index contributed by atoms with van der Waals surface area (Å²) in [4.78, 5) is 0. The van der Waals surface area contributed by atoms with E-state index in [-0.39, 0.29) is 0 Å². The Bertz CT molecular complexity index is 480. The molecule has 0 bridgehead atoms. The van der Waals surface area contributed by atoms with Crippen LogP contribution in [0.1, 0.15) is 54.7 Å². The van der Waals surface area contributed by atoms with Gasteiger partial charge >= 0.3 is 0 Å². The summed E-state index contributed by atoms with van der Waals surface area (Å²) in [5, 5.41) is 0. The largest absolute Gasteiger partial charge is 0.346 e. The van der Waals surface area contributed by atoms with Gasteiger partial charge in [-0.05, 0) is 36.0 Å². The Morgan fingerprint density at radius 3 is 2.47 bits per heavy atom. The Morgan fingerprint density at radius 2 is 1.79 bits per heavy atom. The van der Waals surface area contributed by atoms with Gasteiger partial charge in [0.1, 0.15) is 0 Å². The zero-order valence-electron chi connectivity index (χ0n) is 11.8. The van der Waals surface area contributed by atoms with Gasteiger partial charge in [-0.3, -0.25) is 0 Å². The Balaban J connectivity index is 2.01. The summed E-state index contributed by atoms with van der Waals surface area (Å²) in [7, 11) is 3.41. The van der Waals surface area contributed by atoms with Gasteiger partial charge in [0.2, 0.25) is 5.79 Å². The van der Waals surface area contributed by atoms with Crippen LogP contribution in [0, 0.1) is 0 Å². The summed E-state index contributed by atoms with van der Waals surface area (Å²) in [6, 6.07) is 6.54. The van der Waals surface area contributed by atoms with Crippen molar-refractivity contribution >= 4 is 6.08 Å². The van der Waals surface area contributed by atoms with Crippen molar-refractivity contribution in [2.75, 3.05) is 14.2 Å². The first kappa shape index (κ1) is 12.9. The number of ether oxygens (including phenoxy) is 2. The quantitative estimate of drug-likeness (QED) is 0.756. The molecule has 0 atom stereocenters. The first-order valence-electron chi connectivity index (χ1n) is 7.23. The summed E-state index contributed by atoms with van der Waals surface area (Å²) in [5.74, 6) is 0.0258. The van der Waals surface area contributed by atoms with Crippen LogP contribution < -0.4 is 0 Å². The maximum absolute atomic E-state index is 5.61. The minimum absolute atomic E-state index is 0.681. The van der Waals surface area contributed by atoms with E-state index in [1.165, 1.54) is 43.2 Å². The van der Waals surface area contributed by atoms with Gasteiger partial charge in [0.05, 0.1) is 0 Å². The third-order valence-electron chi connectivity index (χ3n) is 4.64. The summed E-state index contributed by atoms with van der Waals surface area (Å²) in [6.45, 7) is 0. The molecule has 0 heterocycles. The highest BCUT2D eigenvalue weighted by Gasteiger charge is 2.36. The van der Waals surface area contributed by atoms with Gasteiger partial charge in [-0.15, -0.1) is 0 Å². The Kier molecular flexibility index (Phi) is 3.46. The molecule has 2 aliphatic carbocycles. The molecule has 3 rings (SSSR count). The fourth-order valence-corrected chi connectivity index (χ4v) is 3.56. The summed E-state index contributed by atoms with van der Waals surface area (Å²) < 4.78 is 11.2. The molecule has 0 radical (unpaired) electrons. The predicted molar refractivity (Wildman–Crippen MR) is 77.0 cm³/mol. The van der Waals surface area contributed by atoms with Crippen molar-refractivity contribution in [3.8, 4) is 0 Å². The van der Waals surface area contributed by atoms with Crippen LogP contribution in [-0.4, -0.2) is 14.2 Å². The van der Waals surface area contributed by atoms with Crippen molar-refractivity contribution in [2.45, 2.75) is 43.8 Å². The fourth-order valence-electron chi connectivity index (χ4n) is 3.56. The van der Waals surface area contributed by atoms with E-state index in [0.29, 0.717) is 5.92 Å². The second-order valence-electron chi connectivity index (χ2n) is 5.55. The van der Waals surface area contributed by atoms with Gasteiger partial charge < -0.3 is 9.47 Å². The van der Waals surface area contributed by atoms with Gasteiger partial charge in [0.25, 0.3) is 0 Å². The van der Waals surface area contributed by atoms with Crippen LogP contribution in [0.5, 0.6) is 0 Å². The first-order chi connectivity index (χ1) is 9.30. The van der Waals surface area contributed by atoms with E-state index in [1.807, 2.05) is 6.08 Å². The van der Waals surface area contributed by atoms with Gasteiger partial charge in [-0.25, -0.2) is 0 Å². The van der Waals surface area contributed by atoms with Crippen molar-refractivity contribution in [3.05, 3.63) is 41.0 Å². The lowest BCUT2D eigenvalue weighted by Gasteiger charge is -2.28. The molecule has 0 N–H and O–H groups in total. The molecule has 0 aliphatic heterocycles. The Hall–Kier alpha value is -1.12. The molecule has 1 fully saturated rings. The molecule has 1 aromatic rings. The number of hydrogen-bond acceptors (Lipinski definition) is 2. The topological polar surface area (TPSA) is 18.5 Å². The zero-order valence-corrected chi connectivity index (χ0v) is 11.8. The molecule has 1 aromatic carbocycles. The molecule has 19 heavy (non-hydrogen) atoms. The highest BCUT2D eigenvalue weighted by molar-refractivity contribution is 5.67. The molecule has 1 saturated carbocycles. The van der Waals surface area contributed by atoms with Crippen molar-refractivity contribution in [1.82, 2.24) is 0 Å². The SMILES string of the molecule is COC1(OC)C=Cc2c(C3CCCCC3)cccc21. The monoisotopic (exact) mass is 258 g/mol. The average molecular weight is 258 g/mol. The van der Waals surface area contributed by atoms with Crippen LogP contribution in [0.2, 0.25) is 0 Å². The van der Waals surface area contributed by atoms with Crippen molar-refractivity contribution in [2.24, 2.45) is 0 Å². The molecule has 2 aliphatic rings. The zero-order chi connectivity index (χ0) is 13.3. The molecular weight excluding hydrogens is 236 g/mol. The van der Waals surface area contributed by atoms with Crippen LogP contribution in [0.3, 0.4) is 0 Å². The van der Waals surface area contributed by atoms with E-state index < -0.39 is 5.79 Å². The third-order valence-corrected chi connectivity index (χ3v) is 4.64. The van der Waals surface area contributed by atoms with Crippen LogP contribution in [-0.2, 0) is 15.3 Å². The smallest absolute Gasteiger partial charge is 0.215 e. The Labute approximate surface area is 115 Å². The van der Waals surface area contributed by atoms with E-state index in [1.54, 1.807) is 14.2 Å². The molecule has 0 spiro atoms. The van der Waals surface area contributed by atoms with Crippen LogP contribution in [0.25, 0.3) is 6.08 Å². The lowest BCUT2D eigenvalue weighted by atomic mass is 9.81. The van der Waals surface area contributed by atoms with Crippen LogP contribution >= 0.6 is 0 Å². The number of methoxy groups -OCH3 is 2. The van der Waals surface area contributed by atoms with Crippen molar-refractivity contribution < 1.29 is 9.47 Å². The van der Waals surface area contributed by atoms with E-state index >= 15 is 0 Å². The molecule has 0 amide bonds. The minimum Gasteiger partial charge on any atom is -0.346 e. The fraction of sp³-hybridized carbons (Fsp3) is 0.529. The maximum Gasteiger partial charge on any atom is 0.215 e. The third kappa shape index (κ3) is 2.03. The second kappa shape index (κ2) is 5.10. The summed E-state index contributed by atoms with van der Waals surface area (Å²) >= 11 is 0. The number of rotatable bonds is 3. The number of benzene rings is 1. The standard InChI is InChI=1S/C17H22O2/c1-18-17(19-2)12-11-15-14(9-6-10-16(15)17)13-7-4-3-5-8-13/h6,9-13H,3-5,7-8H2,1-2H3. The van der Waals surface area contributed by atoms with E-state index in [4.69, 9.17) is 9.47 Å². The normalized spacial score (nSPS) is 21.6. The molecule has 102 valence electrons. The minimum atomic E-state index is -0.681. The molecule has 0 aromatic heterocycles. The van der Waals surface area contributed by atoms with E-state index in [2.05, 4.69) is 24.3 Å². The summed E-state index contributed by atoms with van der Waals surface area (Å²) in [6.07, 6.45) is 10.9. The summed E-state index contributed by atoms with van der Waals surface area (Å²) in [5.41, 5.74) is 3.95. The van der Waals surface area contributed by atoms with Crippen LogP contribution in [0.4, 0.5) is 0 Å². The lowest BCUT2D eigenvalue weighted by molar-refractivity contribution is -0.175. The average Bonchev–Trinajstić information content (AvgIpc) is 2.87. The first-order valence-corrected chi connectivity index (χ1v) is 7.23. The second-order valence-corrected chi connectivity index (χ2v) is 5.55. The molecule has 0 saturated heterocycles. The molecule has 0 unspecified atom stereocenters. The lowest BCUT2D eigenvalue weighted by Crippen LogP contribution is -2.26. The maximum atomic E-state index is 5.61. The van der Waals surface area contributed by atoms with Gasteiger partial charge in [0, 0.05) is 19.8 Å². The van der Waals surface area contributed by atoms with E-state index in [9.17, 15) is 0 Å². The highest BCUT2D eigenvalue weighted by atomic mass is 16.7. The highest BCUT2D eigenvalue weighted by Crippen LogP contribution is 2.43. The van der Waals surface area contributed by atoms with E-state index in [0.717, 1.165) is 5.56 Å². The molecular formula is C17H22O2. The van der Waals surface area contributed by atoms with Crippen LogP contribution in [0.15, 0.2) is 24.3 Å². The van der Waals surface area contributed by atoms with Gasteiger partial charge in [-0.1, -0.05) is 43.5 Å². The van der Waals surface area contributed by atoms with Gasteiger partial charge in [0.15, 0.2) is 0 Å². The molecule has 2 heteroatoms. The Morgan fingerprint density at radius 1 is 1.05 bits per heavy atom. The molecule has 2 nitrogen and oxygen atoms in total. The van der Waals surface area contributed by atoms with Crippen molar-refractivity contribution in [1.29, 1.82) is 0 Å². The van der Waals surface area contributed by atoms with Gasteiger partial charge in [-0.2, -0.15) is 0 Å². The predicted octanol–water partition coefficient (Wildman–Crippen LogP) is 4.21. The van der Waals surface area contributed by atoms with Crippen molar-refractivity contribution in [3.63, 3.8) is 0 Å². The number of hydrogen-bond donors (Lipinski definition) is 0. The number of fused-ring (bicyclic) bond motifs is 1.